The number of rotatable bonds is 2. The van der Waals surface area contributed by atoms with Gasteiger partial charge in [0, 0.05) is 16.5 Å². The highest BCUT2D eigenvalue weighted by atomic mass is 32.1. The van der Waals surface area contributed by atoms with Gasteiger partial charge in [0.05, 0.1) is 10.3 Å². The van der Waals surface area contributed by atoms with Crippen molar-refractivity contribution in [3.05, 3.63) is 47.7 Å². The van der Waals surface area contributed by atoms with E-state index in [2.05, 4.69) is 4.98 Å². The first-order valence-corrected chi connectivity index (χ1v) is 6.94. The van der Waals surface area contributed by atoms with Crippen LogP contribution in [0.3, 0.4) is 0 Å². The molecule has 0 bridgehead atoms. The minimum absolute atomic E-state index is 0.421. The highest BCUT2D eigenvalue weighted by molar-refractivity contribution is 7.23. The van der Waals surface area contributed by atoms with Crippen LogP contribution in [0, 0.1) is 6.92 Å². The second-order valence-corrected chi connectivity index (χ2v) is 5.57. The van der Waals surface area contributed by atoms with Gasteiger partial charge in [0.15, 0.2) is 0 Å². The minimum atomic E-state index is -0.483. The summed E-state index contributed by atoms with van der Waals surface area (Å²) in [4.78, 5) is 16.7. The van der Waals surface area contributed by atoms with Crippen LogP contribution < -0.4 is 11.5 Å². The molecule has 1 amide bonds. The molecule has 0 saturated carbocycles. The summed E-state index contributed by atoms with van der Waals surface area (Å²) in [6.07, 6.45) is 1.45. The monoisotopic (exact) mass is 283 g/mol. The molecule has 0 aliphatic rings. The number of aryl methyl sites for hydroxylation is 1. The lowest BCUT2D eigenvalue weighted by Crippen LogP contribution is -2.11. The fourth-order valence-corrected chi connectivity index (χ4v) is 3.65. The number of nitrogen functional groups attached to an aromatic ring is 1. The number of thiophene rings is 1. The molecule has 0 fully saturated rings. The van der Waals surface area contributed by atoms with Gasteiger partial charge in [-0.05, 0) is 18.1 Å². The van der Waals surface area contributed by atoms with Crippen LogP contribution in [0.25, 0.3) is 20.5 Å². The SMILES string of the molecule is Cc1c(-c2ccccc2)sc2c(C(N)=O)cnc(N)c12. The Morgan fingerprint density at radius 3 is 2.60 bits per heavy atom. The number of aromatic nitrogens is 1. The Hall–Kier alpha value is -2.40. The van der Waals surface area contributed by atoms with Gasteiger partial charge in [-0.2, -0.15) is 0 Å². The molecule has 4 N–H and O–H groups in total. The quantitative estimate of drug-likeness (QED) is 0.758. The topological polar surface area (TPSA) is 82.0 Å². The number of benzene rings is 1. The molecule has 0 atom stereocenters. The lowest BCUT2D eigenvalue weighted by Gasteiger charge is -2.01. The van der Waals surface area contributed by atoms with E-state index in [1.165, 1.54) is 17.5 Å². The molecule has 0 saturated heterocycles. The Balaban J connectivity index is 2.38. The Morgan fingerprint density at radius 1 is 1.25 bits per heavy atom. The molecular weight excluding hydrogens is 270 g/mol. The summed E-state index contributed by atoms with van der Waals surface area (Å²) < 4.78 is 0.807. The van der Waals surface area contributed by atoms with E-state index in [0.717, 1.165) is 26.1 Å². The zero-order valence-corrected chi connectivity index (χ0v) is 11.7. The molecular formula is C15H13N3OS. The number of anilines is 1. The Kier molecular flexibility index (Phi) is 2.91. The van der Waals surface area contributed by atoms with Crippen LogP contribution in [0.1, 0.15) is 15.9 Å². The molecule has 3 rings (SSSR count). The first-order chi connectivity index (χ1) is 9.59. The summed E-state index contributed by atoms with van der Waals surface area (Å²) in [5.41, 5.74) is 13.9. The van der Waals surface area contributed by atoms with Gasteiger partial charge >= 0.3 is 0 Å². The number of nitrogens with two attached hydrogens (primary N) is 2. The van der Waals surface area contributed by atoms with Gasteiger partial charge in [-0.25, -0.2) is 4.98 Å². The van der Waals surface area contributed by atoms with Crippen LogP contribution in [-0.2, 0) is 0 Å². The summed E-state index contributed by atoms with van der Waals surface area (Å²) >= 11 is 1.53. The maximum Gasteiger partial charge on any atom is 0.251 e. The Bertz CT molecular complexity index is 809. The van der Waals surface area contributed by atoms with Crippen molar-refractivity contribution in [2.45, 2.75) is 6.92 Å². The number of fused-ring (bicyclic) bond motifs is 1. The van der Waals surface area contributed by atoms with E-state index >= 15 is 0 Å². The Labute approximate surface area is 120 Å². The first-order valence-electron chi connectivity index (χ1n) is 6.12. The second-order valence-electron chi connectivity index (χ2n) is 4.55. The van der Waals surface area contributed by atoms with Crippen molar-refractivity contribution in [2.75, 3.05) is 5.73 Å². The van der Waals surface area contributed by atoms with Crippen LogP contribution in [0.4, 0.5) is 5.82 Å². The maximum atomic E-state index is 11.5. The number of amides is 1. The fraction of sp³-hybridized carbons (Fsp3) is 0.0667. The summed E-state index contributed by atoms with van der Waals surface area (Å²) in [5, 5.41) is 0.824. The fourth-order valence-electron chi connectivity index (χ4n) is 2.31. The van der Waals surface area contributed by atoms with Gasteiger partial charge in [0.25, 0.3) is 5.91 Å². The molecule has 0 aliphatic heterocycles. The zero-order chi connectivity index (χ0) is 14.3. The molecule has 3 aromatic rings. The molecule has 5 heteroatoms. The van der Waals surface area contributed by atoms with E-state index < -0.39 is 5.91 Å². The van der Waals surface area contributed by atoms with Gasteiger partial charge in [-0.1, -0.05) is 30.3 Å². The average Bonchev–Trinajstić information content (AvgIpc) is 2.78. The van der Waals surface area contributed by atoms with E-state index in [1.54, 1.807) is 0 Å². The molecule has 100 valence electrons. The van der Waals surface area contributed by atoms with Gasteiger partial charge in [-0.15, -0.1) is 11.3 Å². The molecule has 2 heterocycles. The van der Waals surface area contributed by atoms with Crippen molar-refractivity contribution in [2.24, 2.45) is 5.73 Å². The summed E-state index contributed by atoms with van der Waals surface area (Å²) in [5.74, 6) is -0.0516. The van der Waals surface area contributed by atoms with E-state index in [9.17, 15) is 4.79 Å². The van der Waals surface area contributed by atoms with Crippen LogP contribution in [0.2, 0.25) is 0 Å². The van der Waals surface area contributed by atoms with Crippen molar-refractivity contribution in [1.82, 2.24) is 4.98 Å². The van der Waals surface area contributed by atoms with Gasteiger partial charge < -0.3 is 11.5 Å². The predicted molar refractivity (Wildman–Crippen MR) is 82.7 cm³/mol. The molecule has 2 aromatic heterocycles. The largest absolute Gasteiger partial charge is 0.383 e. The smallest absolute Gasteiger partial charge is 0.251 e. The molecule has 0 unspecified atom stereocenters. The van der Waals surface area contributed by atoms with Crippen molar-refractivity contribution in [1.29, 1.82) is 0 Å². The summed E-state index contributed by atoms with van der Waals surface area (Å²) in [7, 11) is 0. The number of carbonyl (C=O) groups is 1. The van der Waals surface area contributed by atoms with Gasteiger partial charge in [0.1, 0.15) is 5.82 Å². The van der Waals surface area contributed by atoms with Crippen LogP contribution in [-0.4, -0.2) is 10.9 Å². The lowest BCUT2D eigenvalue weighted by atomic mass is 10.1. The van der Waals surface area contributed by atoms with Crippen molar-refractivity contribution in [3.63, 3.8) is 0 Å². The minimum Gasteiger partial charge on any atom is -0.383 e. The number of pyridine rings is 1. The standard InChI is InChI=1S/C15H13N3OS/c1-8-11-13(10(15(17)19)7-18-14(11)16)20-12(8)9-5-3-2-4-6-9/h2-7H,1H3,(H2,16,18)(H2,17,19). The summed E-state index contributed by atoms with van der Waals surface area (Å²) in [6.45, 7) is 1.99. The molecule has 1 aromatic carbocycles. The Morgan fingerprint density at radius 2 is 1.95 bits per heavy atom. The molecule has 4 nitrogen and oxygen atoms in total. The van der Waals surface area contributed by atoms with Crippen LogP contribution in [0.15, 0.2) is 36.5 Å². The third kappa shape index (κ3) is 1.83. The third-order valence-electron chi connectivity index (χ3n) is 3.28. The second kappa shape index (κ2) is 4.61. The molecule has 0 aliphatic carbocycles. The van der Waals surface area contributed by atoms with Gasteiger partial charge in [-0.3, -0.25) is 4.79 Å². The number of carbonyl (C=O) groups excluding carboxylic acids is 1. The number of hydrogen-bond acceptors (Lipinski definition) is 4. The maximum absolute atomic E-state index is 11.5. The lowest BCUT2D eigenvalue weighted by molar-refractivity contribution is 0.100. The molecule has 0 spiro atoms. The molecule has 20 heavy (non-hydrogen) atoms. The number of hydrogen-bond donors (Lipinski definition) is 2. The van der Waals surface area contributed by atoms with Gasteiger partial charge in [0.2, 0.25) is 0 Å². The van der Waals surface area contributed by atoms with Crippen LogP contribution >= 0.6 is 11.3 Å². The summed E-state index contributed by atoms with van der Waals surface area (Å²) in [6, 6.07) is 10.00. The number of nitrogens with zero attached hydrogens (tertiary/aromatic N) is 1. The normalized spacial score (nSPS) is 10.8. The predicted octanol–water partition coefficient (Wildman–Crippen LogP) is 2.95. The third-order valence-corrected chi connectivity index (χ3v) is 4.66. The van der Waals surface area contributed by atoms with E-state index in [0.29, 0.717) is 11.4 Å². The van der Waals surface area contributed by atoms with E-state index in [-0.39, 0.29) is 0 Å². The highest BCUT2D eigenvalue weighted by Gasteiger charge is 2.18. The van der Waals surface area contributed by atoms with E-state index in [4.69, 9.17) is 11.5 Å². The van der Waals surface area contributed by atoms with Crippen LogP contribution in [0.5, 0.6) is 0 Å². The molecule has 0 radical (unpaired) electrons. The van der Waals surface area contributed by atoms with Crippen molar-refractivity contribution in [3.8, 4) is 10.4 Å². The van der Waals surface area contributed by atoms with E-state index in [1.807, 2.05) is 37.3 Å². The average molecular weight is 283 g/mol. The highest BCUT2D eigenvalue weighted by Crippen LogP contribution is 2.41. The van der Waals surface area contributed by atoms with Crippen molar-refractivity contribution >= 4 is 33.1 Å². The zero-order valence-electron chi connectivity index (χ0n) is 10.9. The van der Waals surface area contributed by atoms with Crippen molar-refractivity contribution < 1.29 is 4.79 Å². The number of primary amides is 1. The first kappa shape index (κ1) is 12.6.